The molecule has 0 spiro atoms. The molecule has 31 heavy (non-hydrogen) atoms. The molecule has 2 heterocycles. The highest BCUT2D eigenvalue weighted by atomic mass is 16.5. The van der Waals surface area contributed by atoms with Crippen molar-refractivity contribution in [3.63, 3.8) is 0 Å². The number of aromatic nitrogens is 3. The Labute approximate surface area is 179 Å². The molecule has 156 valence electrons. The molecule has 2 aromatic carbocycles. The Morgan fingerprint density at radius 3 is 2.35 bits per heavy atom. The van der Waals surface area contributed by atoms with Crippen molar-refractivity contribution in [1.82, 2.24) is 14.5 Å². The van der Waals surface area contributed by atoms with Crippen molar-refractivity contribution >= 4 is 16.8 Å². The number of pyridine rings is 1. The van der Waals surface area contributed by atoms with Crippen molar-refractivity contribution in [2.75, 3.05) is 7.11 Å². The van der Waals surface area contributed by atoms with Crippen LogP contribution in [-0.4, -0.2) is 27.6 Å². The molecule has 4 rings (SSSR count). The van der Waals surface area contributed by atoms with Crippen LogP contribution in [0.3, 0.4) is 0 Å². The van der Waals surface area contributed by atoms with Crippen molar-refractivity contribution in [2.45, 2.75) is 19.8 Å². The van der Waals surface area contributed by atoms with Crippen molar-refractivity contribution in [3.8, 4) is 11.4 Å². The normalized spacial score (nSPS) is 10.9. The van der Waals surface area contributed by atoms with Gasteiger partial charge in [-0.2, -0.15) is 0 Å². The number of benzene rings is 2. The summed E-state index contributed by atoms with van der Waals surface area (Å²) in [5.74, 6) is 0.690. The van der Waals surface area contributed by atoms with Crippen molar-refractivity contribution in [2.24, 2.45) is 5.73 Å². The maximum absolute atomic E-state index is 13.0. The number of amides is 1. The van der Waals surface area contributed by atoms with Crippen LogP contribution in [0.1, 0.15) is 27.3 Å². The second kappa shape index (κ2) is 8.39. The quantitative estimate of drug-likeness (QED) is 0.523. The standard InChI is InChI=1S/C24H22N4O3/c1-15-26-12-17(13-27-15)4-3-16-5-10-22-20(11-16)23(29)21(24(25)30)14-28(22)18-6-8-19(31-2)9-7-18/h5-14H,3-4H2,1-2H3,(H2,25,30). The van der Waals surface area contributed by atoms with Crippen LogP contribution in [0.2, 0.25) is 0 Å². The summed E-state index contributed by atoms with van der Waals surface area (Å²) in [6, 6.07) is 13.1. The fourth-order valence-electron chi connectivity index (χ4n) is 3.50. The van der Waals surface area contributed by atoms with E-state index in [9.17, 15) is 9.59 Å². The number of nitrogens with two attached hydrogens (primary N) is 1. The van der Waals surface area contributed by atoms with E-state index in [1.54, 1.807) is 11.7 Å². The summed E-state index contributed by atoms with van der Waals surface area (Å²) >= 11 is 0. The third kappa shape index (κ3) is 4.16. The lowest BCUT2D eigenvalue weighted by molar-refractivity contribution is 0.0999. The fourth-order valence-corrected chi connectivity index (χ4v) is 3.50. The molecule has 2 N–H and O–H groups in total. The van der Waals surface area contributed by atoms with Crippen LogP contribution >= 0.6 is 0 Å². The molecule has 7 nitrogen and oxygen atoms in total. The van der Waals surface area contributed by atoms with Gasteiger partial charge in [-0.25, -0.2) is 9.97 Å². The van der Waals surface area contributed by atoms with E-state index in [4.69, 9.17) is 10.5 Å². The molecule has 0 aliphatic rings. The lowest BCUT2D eigenvalue weighted by Gasteiger charge is -2.14. The highest BCUT2D eigenvalue weighted by molar-refractivity contribution is 5.96. The van der Waals surface area contributed by atoms with Gasteiger partial charge in [-0.1, -0.05) is 6.07 Å². The number of hydrogen-bond acceptors (Lipinski definition) is 5. The van der Waals surface area contributed by atoms with E-state index >= 15 is 0 Å². The largest absolute Gasteiger partial charge is 0.497 e. The van der Waals surface area contributed by atoms with Crippen molar-refractivity contribution in [1.29, 1.82) is 0 Å². The number of carbonyl (C=O) groups is 1. The minimum Gasteiger partial charge on any atom is -0.497 e. The van der Waals surface area contributed by atoms with Crippen LogP contribution in [0.4, 0.5) is 0 Å². The van der Waals surface area contributed by atoms with Crippen LogP contribution in [0.25, 0.3) is 16.6 Å². The molecule has 0 saturated heterocycles. The number of nitrogens with zero attached hydrogens (tertiary/aromatic N) is 3. The highest BCUT2D eigenvalue weighted by Gasteiger charge is 2.15. The molecular weight excluding hydrogens is 392 g/mol. The third-order valence-corrected chi connectivity index (χ3v) is 5.22. The van der Waals surface area contributed by atoms with Gasteiger partial charge in [-0.3, -0.25) is 9.59 Å². The summed E-state index contributed by atoms with van der Waals surface area (Å²) in [7, 11) is 1.60. The summed E-state index contributed by atoms with van der Waals surface area (Å²) in [5, 5.41) is 0.449. The topological polar surface area (TPSA) is 100 Å². The molecule has 0 unspecified atom stereocenters. The molecule has 4 aromatic rings. The Kier molecular flexibility index (Phi) is 5.49. The van der Waals surface area contributed by atoms with Gasteiger partial charge >= 0.3 is 0 Å². The van der Waals surface area contributed by atoms with Crippen LogP contribution in [-0.2, 0) is 12.8 Å². The Balaban J connectivity index is 1.78. The van der Waals surface area contributed by atoms with E-state index in [1.165, 1.54) is 6.20 Å². The number of primary amides is 1. The van der Waals surface area contributed by atoms with E-state index in [2.05, 4.69) is 9.97 Å². The van der Waals surface area contributed by atoms with Gasteiger partial charge in [-0.05, 0) is 67.3 Å². The number of ether oxygens (including phenoxy) is 1. The number of methoxy groups -OCH3 is 1. The first kappa shape index (κ1) is 20.3. The smallest absolute Gasteiger partial charge is 0.254 e. The molecule has 0 fully saturated rings. The fraction of sp³-hybridized carbons (Fsp3) is 0.167. The first-order valence-electron chi connectivity index (χ1n) is 9.86. The van der Waals surface area contributed by atoms with Gasteiger partial charge in [0.05, 0.1) is 12.6 Å². The maximum atomic E-state index is 13.0. The molecule has 2 aromatic heterocycles. The SMILES string of the molecule is COc1ccc(-n2cc(C(N)=O)c(=O)c3cc(CCc4cnc(C)nc4)ccc32)cc1. The first-order valence-corrected chi connectivity index (χ1v) is 9.86. The zero-order valence-electron chi connectivity index (χ0n) is 17.3. The summed E-state index contributed by atoms with van der Waals surface area (Å²) in [5.41, 5.74) is 8.57. The average molecular weight is 414 g/mol. The zero-order chi connectivity index (χ0) is 22.0. The number of hydrogen-bond donors (Lipinski definition) is 1. The predicted octanol–water partition coefficient (Wildman–Crippen LogP) is 2.98. The second-order valence-electron chi connectivity index (χ2n) is 7.29. The maximum Gasteiger partial charge on any atom is 0.254 e. The van der Waals surface area contributed by atoms with Gasteiger partial charge in [0.15, 0.2) is 0 Å². The Bertz CT molecular complexity index is 1310. The van der Waals surface area contributed by atoms with Gasteiger partial charge in [0.2, 0.25) is 5.43 Å². The summed E-state index contributed by atoms with van der Waals surface area (Å²) in [6.45, 7) is 1.84. The zero-order valence-corrected chi connectivity index (χ0v) is 17.3. The summed E-state index contributed by atoms with van der Waals surface area (Å²) < 4.78 is 7.02. The van der Waals surface area contributed by atoms with E-state index in [1.807, 2.05) is 61.8 Å². The van der Waals surface area contributed by atoms with Crippen molar-refractivity contribution in [3.05, 3.63) is 93.8 Å². The molecule has 0 atom stereocenters. The number of fused-ring (bicyclic) bond motifs is 1. The third-order valence-electron chi connectivity index (χ3n) is 5.22. The average Bonchev–Trinajstić information content (AvgIpc) is 2.79. The molecular formula is C24H22N4O3. The van der Waals surface area contributed by atoms with Crippen molar-refractivity contribution < 1.29 is 9.53 Å². The predicted molar refractivity (Wildman–Crippen MR) is 119 cm³/mol. The van der Waals surface area contributed by atoms with E-state index in [-0.39, 0.29) is 11.0 Å². The number of aryl methyl sites for hydroxylation is 3. The Morgan fingerprint density at radius 1 is 1.03 bits per heavy atom. The first-order chi connectivity index (χ1) is 15.0. The highest BCUT2D eigenvalue weighted by Crippen LogP contribution is 2.22. The molecule has 1 amide bonds. The summed E-state index contributed by atoms with van der Waals surface area (Å²) in [6.07, 6.45) is 6.58. The van der Waals surface area contributed by atoms with Gasteiger partial charge in [0, 0.05) is 29.7 Å². The Morgan fingerprint density at radius 2 is 1.71 bits per heavy atom. The molecule has 0 aliphatic heterocycles. The lowest BCUT2D eigenvalue weighted by Crippen LogP contribution is -2.24. The monoisotopic (exact) mass is 414 g/mol. The molecule has 0 saturated carbocycles. The van der Waals surface area contributed by atoms with Gasteiger partial charge in [-0.15, -0.1) is 0 Å². The van der Waals surface area contributed by atoms with E-state index < -0.39 is 5.91 Å². The van der Waals surface area contributed by atoms with Crippen LogP contribution < -0.4 is 15.9 Å². The molecule has 0 bridgehead atoms. The number of rotatable bonds is 6. The van der Waals surface area contributed by atoms with Crippen LogP contribution in [0.5, 0.6) is 5.75 Å². The minimum absolute atomic E-state index is 0.0487. The van der Waals surface area contributed by atoms with E-state index in [0.29, 0.717) is 23.1 Å². The lowest BCUT2D eigenvalue weighted by atomic mass is 10.0. The molecule has 0 aliphatic carbocycles. The molecule has 7 heteroatoms. The second-order valence-corrected chi connectivity index (χ2v) is 7.29. The Hall–Kier alpha value is -4.00. The van der Waals surface area contributed by atoms with Crippen LogP contribution in [0, 0.1) is 6.92 Å². The minimum atomic E-state index is -0.753. The van der Waals surface area contributed by atoms with Gasteiger partial charge in [0.1, 0.15) is 17.1 Å². The number of carbonyl (C=O) groups excluding carboxylic acids is 1. The van der Waals surface area contributed by atoms with E-state index in [0.717, 1.165) is 29.1 Å². The summed E-state index contributed by atoms with van der Waals surface area (Å²) in [4.78, 5) is 33.3. The molecule has 0 radical (unpaired) electrons. The van der Waals surface area contributed by atoms with Crippen LogP contribution in [0.15, 0.2) is 65.8 Å². The van der Waals surface area contributed by atoms with Gasteiger partial charge < -0.3 is 15.0 Å². The van der Waals surface area contributed by atoms with Gasteiger partial charge in [0.25, 0.3) is 5.91 Å².